The van der Waals surface area contributed by atoms with Gasteiger partial charge in [0, 0.05) is 18.3 Å². The molecule has 9 heteroatoms. The average molecular weight is 402 g/mol. The van der Waals surface area contributed by atoms with Crippen LogP contribution >= 0.6 is 0 Å². The van der Waals surface area contributed by atoms with E-state index in [1.807, 2.05) is 18.7 Å². The maximum Gasteiger partial charge on any atom is 0.423 e. The standard InChI is InChI=1S/C18H25F3N2O3Si/c1-16(2,3)27-26-17(4,5)15-7-6-10-22(15)12-8-9-14(23(24)25)13(11-12)18(19,20)21/h8-9,11,15H,6-7,10H2,1-5H3/t15-/m1/s1. The van der Waals surface area contributed by atoms with Crippen molar-refractivity contribution in [2.24, 2.45) is 0 Å². The molecule has 27 heavy (non-hydrogen) atoms. The van der Waals surface area contributed by atoms with E-state index < -0.39 is 28.0 Å². The van der Waals surface area contributed by atoms with E-state index in [-0.39, 0.29) is 20.8 Å². The molecule has 0 aliphatic carbocycles. The molecule has 2 radical (unpaired) electrons. The first-order valence-electron chi connectivity index (χ1n) is 8.80. The topological polar surface area (TPSA) is 55.6 Å². The first kappa shape index (κ1) is 21.7. The van der Waals surface area contributed by atoms with Crippen molar-refractivity contribution in [3.05, 3.63) is 33.9 Å². The van der Waals surface area contributed by atoms with Gasteiger partial charge in [-0.05, 0) is 43.9 Å². The molecular weight excluding hydrogens is 377 g/mol. The van der Waals surface area contributed by atoms with Gasteiger partial charge in [-0.2, -0.15) is 13.2 Å². The van der Waals surface area contributed by atoms with Crippen molar-refractivity contribution in [3.63, 3.8) is 0 Å². The highest BCUT2D eigenvalue weighted by Crippen LogP contribution is 2.41. The van der Waals surface area contributed by atoms with Crippen molar-refractivity contribution >= 4 is 21.1 Å². The molecule has 1 aliphatic rings. The molecule has 0 saturated carbocycles. The monoisotopic (exact) mass is 402 g/mol. The first-order chi connectivity index (χ1) is 12.2. The molecule has 0 aromatic heterocycles. The van der Waals surface area contributed by atoms with Gasteiger partial charge in [0.1, 0.15) is 5.56 Å². The molecule has 1 saturated heterocycles. The fourth-order valence-corrected chi connectivity index (χ4v) is 3.95. The summed E-state index contributed by atoms with van der Waals surface area (Å²) in [6, 6.07) is 3.12. The lowest BCUT2D eigenvalue weighted by Crippen LogP contribution is -2.49. The zero-order chi connectivity index (χ0) is 20.6. The van der Waals surface area contributed by atoms with E-state index in [0.717, 1.165) is 25.0 Å². The Morgan fingerprint density at radius 1 is 1.22 bits per heavy atom. The molecule has 1 aromatic rings. The summed E-state index contributed by atoms with van der Waals surface area (Å²) in [6.45, 7) is 10.7. The van der Waals surface area contributed by atoms with Gasteiger partial charge in [-0.15, -0.1) is 0 Å². The van der Waals surface area contributed by atoms with Crippen molar-refractivity contribution in [3.8, 4) is 0 Å². The highest BCUT2D eigenvalue weighted by atomic mass is 28.2. The fourth-order valence-electron chi connectivity index (χ4n) is 3.24. The molecule has 0 unspecified atom stereocenters. The van der Waals surface area contributed by atoms with Gasteiger partial charge in [0.05, 0.1) is 16.6 Å². The normalized spacial score (nSPS) is 18.8. The van der Waals surface area contributed by atoms with Crippen molar-refractivity contribution < 1.29 is 22.5 Å². The lowest BCUT2D eigenvalue weighted by atomic mass is 9.96. The van der Waals surface area contributed by atoms with Crippen LogP contribution in [0.5, 0.6) is 0 Å². The van der Waals surface area contributed by atoms with Gasteiger partial charge in [0.2, 0.25) is 9.76 Å². The van der Waals surface area contributed by atoms with Crippen LogP contribution in [0.3, 0.4) is 0 Å². The summed E-state index contributed by atoms with van der Waals surface area (Å²) in [4.78, 5) is 11.9. The third kappa shape index (κ3) is 5.22. The number of nitrogens with zero attached hydrogens (tertiary/aromatic N) is 2. The van der Waals surface area contributed by atoms with Gasteiger partial charge in [-0.3, -0.25) is 10.1 Å². The SMILES string of the molecule is CC(C)(C)[Si]OC(C)(C)[C@H]1CCCN1c1ccc([N+](=O)[O-])c(C(F)(F)F)c1. The zero-order valence-electron chi connectivity index (χ0n) is 16.2. The molecule has 1 aromatic carbocycles. The molecule has 0 amide bonds. The molecule has 1 heterocycles. The summed E-state index contributed by atoms with van der Waals surface area (Å²) in [7, 11) is 0.254. The van der Waals surface area contributed by atoms with Crippen LogP contribution in [0.2, 0.25) is 5.04 Å². The predicted octanol–water partition coefficient (Wildman–Crippen LogP) is 5.22. The largest absolute Gasteiger partial charge is 0.423 e. The van der Waals surface area contributed by atoms with Crippen LogP contribution in [-0.2, 0) is 10.6 Å². The second-order valence-electron chi connectivity index (χ2n) is 8.37. The number of anilines is 1. The van der Waals surface area contributed by atoms with Crippen LogP contribution in [-0.4, -0.2) is 32.9 Å². The fraction of sp³-hybridized carbons (Fsp3) is 0.667. The molecule has 150 valence electrons. The number of halogens is 3. The van der Waals surface area contributed by atoms with Crippen LogP contribution < -0.4 is 4.90 Å². The van der Waals surface area contributed by atoms with Gasteiger partial charge in [0.25, 0.3) is 5.69 Å². The van der Waals surface area contributed by atoms with Crippen LogP contribution in [0, 0.1) is 10.1 Å². The predicted molar refractivity (Wildman–Crippen MR) is 99.1 cm³/mol. The van der Waals surface area contributed by atoms with Gasteiger partial charge < -0.3 is 9.33 Å². The first-order valence-corrected chi connectivity index (χ1v) is 9.71. The summed E-state index contributed by atoms with van der Waals surface area (Å²) in [6.07, 6.45) is -3.17. The maximum absolute atomic E-state index is 13.3. The van der Waals surface area contributed by atoms with Crippen molar-refractivity contribution in [2.75, 3.05) is 11.4 Å². The number of hydrogen-bond acceptors (Lipinski definition) is 4. The minimum absolute atomic E-state index is 0.00246. The number of nitro groups is 1. The Labute approximate surface area is 160 Å². The lowest BCUT2D eigenvalue weighted by molar-refractivity contribution is -0.388. The zero-order valence-corrected chi connectivity index (χ0v) is 17.2. The lowest BCUT2D eigenvalue weighted by Gasteiger charge is -2.40. The third-order valence-electron chi connectivity index (χ3n) is 4.49. The van der Waals surface area contributed by atoms with E-state index in [4.69, 9.17) is 4.43 Å². The molecule has 0 bridgehead atoms. The maximum atomic E-state index is 13.3. The second kappa shape index (κ2) is 7.42. The highest BCUT2D eigenvalue weighted by molar-refractivity contribution is 6.31. The molecule has 5 nitrogen and oxygen atoms in total. The Hall–Kier alpha value is -1.61. The number of hydrogen-bond donors (Lipinski definition) is 0. The Balaban J connectivity index is 2.35. The Morgan fingerprint density at radius 3 is 2.37 bits per heavy atom. The van der Waals surface area contributed by atoms with Crippen molar-refractivity contribution in [2.45, 2.75) is 70.3 Å². The summed E-state index contributed by atoms with van der Waals surface area (Å²) in [5.74, 6) is 0. The van der Waals surface area contributed by atoms with Crippen LogP contribution in [0.25, 0.3) is 0 Å². The average Bonchev–Trinajstić information content (AvgIpc) is 3.01. The molecule has 2 rings (SSSR count). The molecular formula is C18H25F3N2O3Si. The molecule has 1 aliphatic heterocycles. The van der Waals surface area contributed by atoms with Crippen LogP contribution in [0.15, 0.2) is 18.2 Å². The molecule has 1 atom stereocenters. The van der Waals surface area contributed by atoms with E-state index in [1.54, 1.807) is 0 Å². The van der Waals surface area contributed by atoms with Crippen molar-refractivity contribution in [1.82, 2.24) is 0 Å². The van der Waals surface area contributed by atoms with Gasteiger partial charge in [-0.25, -0.2) is 0 Å². The van der Waals surface area contributed by atoms with Crippen LogP contribution in [0.1, 0.15) is 53.0 Å². The third-order valence-corrected chi connectivity index (χ3v) is 5.73. The van der Waals surface area contributed by atoms with E-state index in [2.05, 4.69) is 20.8 Å². The van der Waals surface area contributed by atoms with Gasteiger partial charge in [-0.1, -0.05) is 20.8 Å². The summed E-state index contributed by atoms with van der Waals surface area (Å²) >= 11 is 0. The summed E-state index contributed by atoms with van der Waals surface area (Å²) in [5.41, 5.74) is -2.36. The summed E-state index contributed by atoms with van der Waals surface area (Å²) < 4.78 is 46.1. The highest BCUT2D eigenvalue weighted by Gasteiger charge is 2.42. The smallest absolute Gasteiger partial charge is 0.410 e. The van der Waals surface area contributed by atoms with Crippen LogP contribution in [0.4, 0.5) is 24.5 Å². The minimum Gasteiger partial charge on any atom is -0.410 e. The quantitative estimate of drug-likeness (QED) is 0.385. The second-order valence-corrected chi connectivity index (χ2v) is 10.3. The number of nitro benzene ring substituents is 1. The van der Waals surface area contributed by atoms with Crippen molar-refractivity contribution in [1.29, 1.82) is 0 Å². The number of benzene rings is 1. The minimum atomic E-state index is -4.78. The van der Waals surface area contributed by atoms with E-state index in [1.165, 1.54) is 6.07 Å². The van der Waals surface area contributed by atoms with E-state index in [9.17, 15) is 23.3 Å². The number of rotatable bonds is 5. The van der Waals surface area contributed by atoms with Gasteiger partial charge in [0.15, 0.2) is 0 Å². The Morgan fingerprint density at radius 2 is 1.85 bits per heavy atom. The molecule has 1 fully saturated rings. The van der Waals surface area contributed by atoms with Gasteiger partial charge >= 0.3 is 6.18 Å². The van der Waals surface area contributed by atoms with E-state index >= 15 is 0 Å². The summed E-state index contributed by atoms with van der Waals surface area (Å²) in [5, 5.41) is 11.0. The number of alkyl halides is 3. The Bertz CT molecular complexity index is 702. The van der Waals surface area contributed by atoms with E-state index in [0.29, 0.717) is 12.2 Å². The Kier molecular flexibility index (Phi) is 5.96. The molecule has 0 spiro atoms. The molecule has 0 N–H and O–H groups in total.